The molecule has 1 aliphatic heterocycles. The maximum atomic E-state index is 12.7. The molecule has 4 heteroatoms. The quantitative estimate of drug-likeness (QED) is 0.873. The van der Waals surface area contributed by atoms with Gasteiger partial charge in [-0.25, -0.2) is 0 Å². The Balaban J connectivity index is 1.55. The Morgan fingerprint density at radius 1 is 1.12 bits per heavy atom. The number of piperidine rings is 1. The van der Waals surface area contributed by atoms with Crippen molar-refractivity contribution in [2.45, 2.75) is 51.0 Å². The Labute approximate surface area is 149 Å². The number of aromatic nitrogens is 1. The van der Waals surface area contributed by atoms with Crippen molar-refractivity contribution in [3.05, 3.63) is 59.9 Å². The van der Waals surface area contributed by atoms with Gasteiger partial charge in [-0.15, -0.1) is 0 Å². The van der Waals surface area contributed by atoms with Gasteiger partial charge >= 0.3 is 0 Å². The van der Waals surface area contributed by atoms with Gasteiger partial charge in [0.05, 0.1) is 0 Å². The zero-order chi connectivity index (χ0) is 17.5. The van der Waals surface area contributed by atoms with Crippen LogP contribution in [0.25, 0.3) is 0 Å². The lowest BCUT2D eigenvalue weighted by atomic mass is 9.95. The second kappa shape index (κ2) is 8.65. The summed E-state index contributed by atoms with van der Waals surface area (Å²) in [6, 6.07) is 11.7. The van der Waals surface area contributed by atoms with E-state index in [1.54, 1.807) is 18.5 Å². The summed E-state index contributed by atoms with van der Waals surface area (Å²) in [4.78, 5) is 18.8. The van der Waals surface area contributed by atoms with Gasteiger partial charge in [-0.3, -0.25) is 9.78 Å². The van der Waals surface area contributed by atoms with Gasteiger partial charge in [0.1, 0.15) is 5.75 Å². The maximum absolute atomic E-state index is 12.7. The Bertz CT molecular complexity index is 687. The van der Waals surface area contributed by atoms with Crippen LogP contribution in [-0.4, -0.2) is 33.5 Å². The third-order valence-corrected chi connectivity index (χ3v) is 5.00. The van der Waals surface area contributed by atoms with E-state index in [9.17, 15) is 9.90 Å². The number of nitrogens with zero attached hydrogens (tertiary/aromatic N) is 2. The monoisotopic (exact) mass is 338 g/mol. The highest BCUT2D eigenvalue weighted by Gasteiger charge is 2.26. The van der Waals surface area contributed by atoms with Crippen molar-refractivity contribution >= 4 is 5.91 Å². The minimum atomic E-state index is 0.262. The zero-order valence-corrected chi connectivity index (χ0v) is 14.6. The standard InChI is InChI=1S/C21H26N2O2/c24-20-6-3-4-18(16-20)7-9-19-5-1-2-15-23(19)21(25)10-8-17-11-13-22-14-12-17/h3-4,6,11-14,16,19,24H,1-2,5,7-10,15H2/t19-/m1/s1. The molecule has 1 aliphatic rings. The average Bonchev–Trinajstić information content (AvgIpc) is 2.65. The molecule has 2 aromatic rings. The third kappa shape index (κ3) is 5.05. The van der Waals surface area contributed by atoms with Crippen LogP contribution in [0, 0.1) is 0 Å². The number of carbonyl (C=O) groups excluding carboxylic acids is 1. The highest BCUT2D eigenvalue weighted by Crippen LogP contribution is 2.23. The molecule has 132 valence electrons. The normalized spacial score (nSPS) is 17.4. The summed E-state index contributed by atoms with van der Waals surface area (Å²) in [6.45, 7) is 0.875. The molecule has 1 N–H and O–H groups in total. The molecular formula is C21H26N2O2. The number of pyridine rings is 1. The summed E-state index contributed by atoms with van der Waals surface area (Å²) >= 11 is 0. The number of phenols is 1. The number of hydrogen-bond donors (Lipinski definition) is 1. The largest absolute Gasteiger partial charge is 0.508 e. The molecule has 25 heavy (non-hydrogen) atoms. The van der Waals surface area contributed by atoms with Crippen LogP contribution in [0.2, 0.25) is 0 Å². The van der Waals surface area contributed by atoms with Gasteiger partial charge in [-0.1, -0.05) is 12.1 Å². The number of rotatable bonds is 6. The predicted octanol–water partition coefficient (Wildman–Crippen LogP) is 3.73. The first-order valence-electron chi connectivity index (χ1n) is 9.18. The fourth-order valence-corrected chi connectivity index (χ4v) is 3.62. The van der Waals surface area contributed by atoms with E-state index in [1.165, 1.54) is 6.42 Å². The summed E-state index contributed by atoms with van der Waals surface area (Å²) < 4.78 is 0. The molecule has 4 nitrogen and oxygen atoms in total. The fraction of sp³-hybridized carbons (Fsp3) is 0.429. The molecule has 1 atom stereocenters. The lowest BCUT2D eigenvalue weighted by molar-refractivity contribution is -0.135. The molecular weight excluding hydrogens is 312 g/mol. The molecule has 0 unspecified atom stereocenters. The van der Waals surface area contributed by atoms with Gasteiger partial charge in [-0.2, -0.15) is 0 Å². The summed E-state index contributed by atoms with van der Waals surface area (Å²) in [5.74, 6) is 0.573. The second-order valence-corrected chi connectivity index (χ2v) is 6.80. The molecule has 0 saturated carbocycles. The summed E-state index contributed by atoms with van der Waals surface area (Å²) in [6.07, 6.45) is 10.1. The first-order chi connectivity index (χ1) is 12.2. The maximum Gasteiger partial charge on any atom is 0.223 e. The predicted molar refractivity (Wildman–Crippen MR) is 98.3 cm³/mol. The number of aromatic hydroxyl groups is 1. The lowest BCUT2D eigenvalue weighted by Crippen LogP contribution is -2.44. The van der Waals surface area contributed by atoms with Crippen LogP contribution in [0.1, 0.15) is 43.2 Å². The number of hydrogen-bond acceptors (Lipinski definition) is 3. The van der Waals surface area contributed by atoms with Crippen LogP contribution in [0.3, 0.4) is 0 Å². The van der Waals surface area contributed by atoms with Crippen molar-refractivity contribution < 1.29 is 9.90 Å². The molecule has 1 aromatic carbocycles. The average molecular weight is 338 g/mol. The van der Waals surface area contributed by atoms with Crippen LogP contribution in [-0.2, 0) is 17.6 Å². The van der Waals surface area contributed by atoms with Gasteiger partial charge in [-0.05, 0) is 73.9 Å². The number of carbonyl (C=O) groups is 1. The van der Waals surface area contributed by atoms with Crippen LogP contribution < -0.4 is 0 Å². The van der Waals surface area contributed by atoms with Crippen molar-refractivity contribution in [2.24, 2.45) is 0 Å². The van der Waals surface area contributed by atoms with E-state index in [4.69, 9.17) is 0 Å². The minimum Gasteiger partial charge on any atom is -0.508 e. The van der Waals surface area contributed by atoms with Crippen LogP contribution in [0.15, 0.2) is 48.8 Å². The molecule has 3 rings (SSSR count). The fourth-order valence-electron chi connectivity index (χ4n) is 3.62. The number of aryl methyl sites for hydroxylation is 2. The molecule has 2 heterocycles. The first kappa shape index (κ1) is 17.5. The Morgan fingerprint density at radius 2 is 1.96 bits per heavy atom. The topological polar surface area (TPSA) is 53.4 Å². The molecule has 1 amide bonds. The van der Waals surface area contributed by atoms with Crippen molar-refractivity contribution in [2.75, 3.05) is 6.54 Å². The Hall–Kier alpha value is -2.36. The lowest BCUT2D eigenvalue weighted by Gasteiger charge is -2.36. The Morgan fingerprint density at radius 3 is 2.76 bits per heavy atom. The van der Waals surface area contributed by atoms with Crippen molar-refractivity contribution in [3.8, 4) is 5.75 Å². The van der Waals surface area contributed by atoms with Gasteiger partial charge in [0.25, 0.3) is 0 Å². The highest BCUT2D eigenvalue weighted by molar-refractivity contribution is 5.77. The second-order valence-electron chi connectivity index (χ2n) is 6.80. The molecule has 0 spiro atoms. The van der Waals surface area contributed by atoms with E-state index >= 15 is 0 Å². The van der Waals surface area contributed by atoms with Crippen molar-refractivity contribution in [1.29, 1.82) is 0 Å². The summed E-state index contributed by atoms with van der Waals surface area (Å²) in [5, 5.41) is 9.60. The number of benzene rings is 1. The molecule has 0 bridgehead atoms. The smallest absolute Gasteiger partial charge is 0.223 e. The first-order valence-corrected chi connectivity index (χ1v) is 9.18. The molecule has 0 radical (unpaired) electrons. The highest BCUT2D eigenvalue weighted by atomic mass is 16.3. The molecule has 1 fully saturated rings. The number of likely N-dealkylation sites (tertiary alicyclic amines) is 1. The third-order valence-electron chi connectivity index (χ3n) is 5.00. The molecule has 1 saturated heterocycles. The van der Waals surface area contributed by atoms with Crippen LogP contribution in [0.5, 0.6) is 5.75 Å². The van der Waals surface area contributed by atoms with E-state index in [-0.39, 0.29) is 5.91 Å². The van der Waals surface area contributed by atoms with Gasteiger partial charge in [0, 0.05) is 31.4 Å². The summed E-state index contributed by atoms with van der Waals surface area (Å²) in [5.41, 5.74) is 2.30. The summed E-state index contributed by atoms with van der Waals surface area (Å²) in [7, 11) is 0. The number of amides is 1. The van der Waals surface area contributed by atoms with E-state index in [1.807, 2.05) is 30.3 Å². The van der Waals surface area contributed by atoms with Gasteiger partial charge < -0.3 is 10.0 Å². The van der Waals surface area contributed by atoms with E-state index in [2.05, 4.69) is 9.88 Å². The molecule has 0 aliphatic carbocycles. The van der Waals surface area contributed by atoms with Crippen LogP contribution in [0.4, 0.5) is 0 Å². The van der Waals surface area contributed by atoms with Gasteiger partial charge in [0.15, 0.2) is 0 Å². The van der Waals surface area contributed by atoms with Gasteiger partial charge in [0.2, 0.25) is 5.91 Å². The van der Waals surface area contributed by atoms with Crippen molar-refractivity contribution in [3.63, 3.8) is 0 Å². The SMILES string of the molecule is O=C(CCc1ccncc1)N1CCCC[C@@H]1CCc1cccc(O)c1. The Kier molecular flexibility index (Phi) is 6.04. The molecule has 1 aromatic heterocycles. The van der Waals surface area contributed by atoms with Crippen LogP contribution >= 0.6 is 0 Å². The van der Waals surface area contributed by atoms with E-state index in [0.717, 1.165) is 49.8 Å². The number of phenolic OH excluding ortho intramolecular Hbond substituents is 1. The zero-order valence-electron chi connectivity index (χ0n) is 14.6. The van der Waals surface area contributed by atoms with Crippen molar-refractivity contribution in [1.82, 2.24) is 9.88 Å². The minimum absolute atomic E-state index is 0.262. The van der Waals surface area contributed by atoms with E-state index < -0.39 is 0 Å². The van der Waals surface area contributed by atoms with E-state index in [0.29, 0.717) is 18.2 Å².